The van der Waals surface area contributed by atoms with Crippen molar-refractivity contribution in [1.82, 2.24) is 24.8 Å². The fourth-order valence-corrected chi connectivity index (χ4v) is 7.86. The number of hydrogen-bond acceptors (Lipinski definition) is 10. The van der Waals surface area contributed by atoms with Gasteiger partial charge in [-0.1, -0.05) is 55.8 Å². The van der Waals surface area contributed by atoms with E-state index in [1.807, 2.05) is 24.3 Å². The number of aromatic amines is 1. The summed E-state index contributed by atoms with van der Waals surface area (Å²) in [5.74, 6) is 2.91. The number of β-amino-alcohol motifs (C(OH)–C–C–N with tert-alkyl or cyclic N) is 1. The fourth-order valence-electron chi connectivity index (χ4n) is 7.62. The van der Waals surface area contributed by atoms with Gasteiger partial charge in [-0.05, 0) is 85.5 Å². The number of hydrogen-bond donors (Lipinski definition) is 2. The number of H-pyrrole nitrogens is 1. The molecule has 0 bridgehead atoms. The second-order valence-electron chi connectivity index (χ2n) is 15.1. The molecule has 1 saturated heterocycles. The Kier molecular flexibility index (Phi) is 15.8. The van der Waals surface area contributed by atoms with Crippen LogP contribution in [0.25, 0.3) is 11.1 Å². The summed E-state index contributed by atoms with van der Waals surface area (Å²) in [7, 11) is 1.70. The first-order valence-corrected chi connectivity index (χ1v) is 21.0. The van der Waals surface area contributed by atoms with Gasteiger partial charge in [0.15, 0.2) is 0 Å². The van der Waals surface area contributed by atoms with Crippen molar-refractivity contribution in [2.45, 2.75) is 85.8 Å². The highest BCUT2D eigenvalue weighted by Crippen LogP contribution is 2.37. The minimum atomic E-state index is -0.207. The first-order chi connectivity index (χ1) is 28.7. The van der Waals surface area contributed by atoms with E-state index in [1.54, 1.807) is 19.4 Å². The molecular weight excluding hydrogens is 764 g/mol. The van der Waals surface area contributed by atoms with Gasteiger partial charge in [-0.2, -0.15) is 5.26 Å². The zero-order valence-corrected chi connectivity index (χ0v) is 35.8. The lowest BCUT2D eigenvalue weighted by molar-refractivity contribution is 0.137. The molecule has 0 saturated carbocycles. The van der Waals surface area contributed by atoms with Crippen LogP contribution in [0.1, 0.15) is 77.3 Å². The van der Waals surface area contributed by atoms with E-state index in [4.69, 9.17) is 35.5 Å². The molecule has 6 rings (SSSR count). The maximum Gasteiger partial charge on any atom is 0.142 e. The summed E-state index contributed by atoms with van der Waals surface area (Å²) in [5, 5.41) is 19.8. The van der Waals surface area contributed by atoms with E-state index in [2.05, 4.69) is 77.8 Å². The third kappa shape index (κ3) is 11.6. The van der Waals surface area contributed by atoms with Crippen LogP contribution in [0.3, 0.4) is 0 Å². The summed E-state index contributed by atoms with van der Waals surface area (Å²) in [6, 6.07) is 20.2. The molecule has 1 aliphatic rings. The van der Waals surface area contributed by atoms with Crippen LogP contribution in [-0.4, -0.2) is 82.5 Å². The van der Waals surface area contributed by atoms with Crippen molar-refractivity contribution in [2.75, 3.05) is 46.5 Å². The van der Waals surface area contributed by atoms with Crippen molar-refractivity contribution >= 4 is 11.6 Å². The molecule has 1 atom stereocenters. The summed E-state index contributed by atoms with van der Waals surface area (Å²) >= 11 is 7.02. The lowest BCUT2D eigenvalue weighted by atomic mass is 9.93. The number of imidazole rings is 1. The minimum Gasteiger partial charge on any atom is -0.493 e. The summed E-state index contributed by atoms with van der Waals surface area (Å²) in [5.41, 5.74) is 9.84. The molecule has 0 spiro atoms. The molecule has 1 aliphatic heterocycles. The zero-order valence-electron chi connectivity index (χ0n) is 35.0. The predicted octanol–water partition coefficient (Wildman–Crippen LogP) is 8.38. The number of likely N-dealkylation sites (tertiary alicyclic amines) is 1. The molecule has 3 heterocycles. The van der Waals surface area contributed by atoms with Gasteiger partial charge in [0.05, 0.1) is 42.1 Å². The van der Waals surface area contributed by atoms with Gasteiger partial charge < -0.3 is 33.9 Å². The highest BCUT2D eigenvalue weighted by Gasteiger charge is 2.21. The number of aryl methyl sites for hydroxylation is 2. The molecule has 0 radical (unpaired) electrons. The highest BCUT2D eigenvalue weighted by atomic mass is 35.5. The molecule has 5 aromatic rings. The van der Waals surface area contributed by atoms with E-state index < -0.39 is 0 Å². The van der Waals surface area contributed by atoms with Crippen LogP contribution < -0.4 is 14.2 Å². The Morgan fingerprint density at radius 3 is 2.44 bits per heavy atom. The fraction of sp³-hybridized carbons (Fsp3) is 0.426. The number of nitrogens with one attached hydrogen (secondary N) is 1. The Balaban J connectivity index is 1.21. The molecule has 1 unspecified atom stereocenters. The van der Waals surface area contributed by atoms with Crippen molar-refractivity contribution in [3.05, 3.63) is 123 Å². The predicted molar refractivity (Wildman–Crippen MR) is 231 cm³/mol. The van der Waals surface area contributed by atoms with Crippen LogP contribution in [0.4, 0.5) is 0 Å². The van der Waals surface area contributed by atoms with Crippen LogP contribution >= 0.6 is 11.6 Å². The number of nitrogens with zero attached hydrogens (tertiary/aromatic N) is 5. The van der Waals surface area contributed by atoms with E-state index in [0.29, 0.717) is 61.5 Å². The van der Waals surface area contributed by atoms with Crippen molar-refractivity contribution in [3.63, 3.8) is 0 Å². The topological polar surface area (TPSA) is 129 Å². The molecule has 2 aromatic heterocycles. The van der Waals surface area contributed by atoms with Gasteiger partial charge >= 0.3 is 0 Å². The number of halogens is 1. The third-order valence-electron chi connectivity index (χ3n) is 10.9. The maximum atomic E-state index is 9.84. The summed E-state index contributed by atoms with van der Waals surface area (Å²) in [6.45, 7) is 14.5. The number of ether oxygens (including phenoxy) is 4. The molecule has 0 aliphatic carbocycles. The Hall–Kier alpha value is -4.96. The minimum absolute atomic E-state index is 0.207. The number of rotatable bonds is 21. The van der Waals surface area contributed by atoms with Crippen molar-refractivity contribution < 1.29 is 24.1 Å². The second-order valence-corrected chi connectivity index (χ2v) is 15.6. The summed E-state index contributed by atoms with van der Waals surface area (Å²) < 4.78 is 24.7. The van der Waals surface area contributed by atoms with E-state index in [1.165, 1.54) is 6.20 Å². The molecule has 11 nitrogen and oxygen atoms in total. The smallest absolute Gasteiger partial charge is 0.142 e. The van der Waals surface area contributed by atoms with E-state index in [0.717, 1.165) is 107 Å². The van der Waals surface area contributed by atoms with Crippen molar-refractivity contribution in [2.24, 2.45) is 0 Å². The largest absolute Gasteiger partial charge is 0.493 e. The third-order valence-corrected chi connectivity index (χ3v) is 11.2. The van der Waals surface area contributed by atoms with E-state index in [9.17, 15) is 10.4 Å². The number of aromatic nitrogens is 3. The van der Waals surface area contributed by atoms with Crippen LogP contribution in [0.15, 0.2) is 67.0 Å². The van der Waals surface area contributed by atoms with Gasteiger partial charge in [0, 0.05) is 75.1 Å². The maximum absolute atomic E-state index is 9.84. The Morgan fingerprint density at radius 1 is 0.915 bits per heavy atom. The number of methoxy groups -OCH3 is 1. The Morgan fingerprint density at radius 2 is 1.71 bits per heavy atom. The van der Waals surface area contributed by atoms with Gasteiger partial charge in [0.25, 0.3) is 0 Å². The van der Waals surface area contributed by atoms with Crippen molar-refractivity contribution in [1.29, 1.82) is 5.26 Å². The lowest BCUT2D eigenvalue weighted by Gasteiger charge is -2.23. The molecule has 3 aromatic carbocycles. The Labute approximate surface area is 353 Å². The van der Waals surface area contributed by atoms with Gasteiger partial charge in [-0.25, -0.2) is 4.98 Å². The standard InChI is InChI=1S/C47H57ClN6O5/c1-6-42-43(7-2)52-47(51-42)29-54(18-20-56-5)27-37-22-41(48)46(23-45(37)58-30-35-21-34(24-49)25-50-26-35)59-31-36-11-8-12-39(32(36)3)40-13-9-14-44(33(40)4)57-19-10-16-53-17-15-38(55)28-53/h8-9,11-14,21-23,25-26,38,55H,6-7,10,15-20,27-31H2,1-5H3,(H,51,52). The molecule has 2 N–H and O–H groups in total. The molecule has 0 amide bonds. The lowest BCUT2D eigenvalue weighted by Crippen LogP contribution is -2.27. The number of aliphatic hydroxyl groups excluding tert-OH is 1. The number of benzene rings is 3. The molecule has 12 heteroatoms. The zero-order chi connectivity index (χ0) is 41.7. The summed E-state index contributed by atoms with van der Waals surface area (Å²) in [4.78, 5) is 17.2. The van der Waals surface area contributed by atoms with Crippen LogP contribution in [0.2, 0.25) is 5.02 Å². The molecule has 59 heavy (non-hydrogen) atoms. The first-order valence-electron chi connectivity index (χ1n) is 20.6. The number of pyridine rings is 1. The average molecular weight is 821 g/mol. The second kappa shape index (κ2) is 21.3. The number of aliphatic hydroxyl groups is 1. The highest BCUT2D eigenvalue weighted by molar-refractivity contribution is 6.32. The monoisotopic (exact) mass is 820 g/mol. The average Bonchev–Trinajstić information content (AvgIpc) is 3.86. The number of nitriles is 1. The van der Waals surface area contributed by atoms with Crippen LogP contribution in [0, 0.1) is 25.2 Å². The van der Waals surface area contributed by atoms with Gasteiger partial charge in [0.1, 0.15) is 42.4 Å². The summed E-state index contributed by atoms with van der Waals surface area (Å²) in [6.07, 6.45) is 6.54. The first kappa shape index (κ1) is 43.6. The van der Waals surface area contributed by atoms with Crippen LogP contribution in [-0.2, 0) is 43.9 Å². The van der Waals surface area contributed by atoms with Crippen molar-refractivity contribution in [3.8, 4) is 34.4 Å². The van der Waals surface area contributed by atoms with E-state index in [-0.39, 0.29) is 12.7 Å². The normalized spacial score (nSPS) is 14.2. The van der Waals surface area contributed by atoms with Gasteiger partial charge in [0.2, 0.25) is 0 Å². The van der Waals surface area contributed by atoms with E-state index >= 15 is 0 Å². The molecular formula is C47H57ClN6O5. The molecule has 312 valence electrons. The Bertz CT molecular complexity index is 2180. The van der Waals surface area contributed by atoms with Crippen LogP contribution in [0.5, 0.6) is 17.2 Å². The van der Waals surface area contributed by atoms with Gasteiger partial charge in [-0.3, -0.25) is 9.88 Å². The van der Waals surface area contributed by atoms with Gasteiger partial charge in [-0.15, -0.1) is 0 Å². The molecule has 1 fully saturated rings. The quantitative estimate of drug-likeness (QED) is 0.0697. The SMILES string of the molecule is CCc1nc(CN(CCOC)Cc2cc(Cl)c(OCc3cccc(-c4cccc(OCCCN5CCC(O)C5)c4C)c3C)cc2OCc2cncc(C#N)c2)[nH]c1CC.